The van der Waals surface area contributed by atoms with Crippen molar-refractivity contribution in [3.8, 4) is 0 Å². The van der Waals surface area contributed by atoms with Crippen LogP contribution in [0.3, 0.4) is 0 Å². The molecule has 0 saturated carbocycles. The number of nitrogens with zero attached hydrogens (tertiary/aromatic N) is 1. The van der Waals surface area contributed by atoms with Crippen molar-refractivity contribution in [2.45, 2.75) is 19.9 Å². The van der Waals surface area contributed by atoms with E-state index in [4.69, 9.17) is 0 Å². The van der Waals surface area contributed by atoms with Crippen LogP contribution in [0.15, 0.2) is 48.5 Å². The number of rotatable bonds is 6. The number of carbonyl (C=O) groups is 1. The van der Waals surface area contributed by atoms with Crippen LogP contribution in [-0.4, -0.2) is 27.1 Å². The molecule has 7 heteroatoms. The highest BCUT2D eigenvalue weighted by Crippen LogP contribution is 2.22. The predicted octanol–water partition coefficient (Wildman–Crippen LogP) is 2.78. The molecule has 25 heavy (non-hydrogen) atoms. The van der Waals surface area contributed by atoms with Gasteiger partial charge in [0.05, 0.1) is 18.0 Å². The summed E-state index contributed by atoms with van der Waals surface area (Å²) in [5.41, 5.74) is 1.96. The molecule has 0 radical (unpaired) electrons. The monoisotopic (exact) mass is 364 g/mol. The quantitative estimate of drug-likeness (QED) is 0.857. The molecule has 1 N–H and O–H groups in total. The lowest BCUT2D eigenvalue weighted by atomic mass is 10.1. The van der Waals surface area contributed by atoms with E-state index in [0.717, 1.165) is 21.7 Å². The zero-order valence-corrected chi connectivity index (χ0v) is 15.2. The summed E-state index contributed by atoms with van der Waals surface area (Å²) in [6, 6.07) is 12.4. The Morgan fingerprint density at radius 2 is 1.76 bits per heavy atom. The minimum absolute atomic E-state index is 0.324. The lowest BCUT2D eigenvalue weighted by Crippen LogP contribution is -2.41. The Bertz CT molecular complexity index is 851. The highest BCUT2D eigenvalue weighted by atomic mass is 32.2. The van der Waals surface area contributed by atoms with E-state index in [-0.39, 0.29) is 18.4 Å². The van der Waals surface area contributed by atoms with Crippen molar-refractivity contribution in [2.75, 3.05) is 17.1 Å². The van der Waals surface area contributed by atoms with Crippen molar-refractivity contribution in [1.29, 1.82) is 0 Å². The van der Waals surface area contributed by atoms with Gasteiger partial charge in [-0.15, -0.1) is 0 Å². The molecule has 0 bridgehead atoms. The van der Waals surface area contributed by atoms with E-state index < -0.39 is 15.9 Å². The number of para-hydroxylation sites is 1. The van der Waals surface area contributed by atoms with E-state index >= 15 is 0 Å². The summed E-state index contributed by atoms with van der Waals surface area (Å²) in [6.45, 7) is 3.21. The van der Waals surface area contributed by atoms with Crippen LogP contribution in [-0.2, 0) is 14.8 Å². The average molecular weight is 364 g/mol. The third-order valence-corrected chi connectivity index (χ3v) is 4.95. The molecule has 134 valence electrons. The second kappa shape index (κ2) is 7.65. The van der Waals surface area contributed by atoms with E-state index in [1.807, 2.05) is 0 Å². The summed E-state index contributed by atoms with van der Waals surface area (Å²) in [6.07, 6.45) is 1.07. The molecule has 0 aliphatic carbocycles. The number of hydrogen-bond acceptors (Lipinski definition) is 3. The molecule has 0 aromatic heterocycles. The first-order valence-electron chi connectivity index (χ1n) is 7.76. The molecule has 0 heterocycles. The molecule has 2 aromatic carbocycles. The van der Waals surface area contributed by atoms with E-state index in [1.165, 1.54) is 12.1 Å². The maximum absolute atomic E-state index is 13.0. The number of sulfonamides is 1. The van der Waals surface area contributed by atoms with Crippen molar-refractivity contribution in [1.82, 2.24) is 5.32 Å². The van der Waals surface area contributed by atoms with Crippen molar-refractivity contribution in [3.05, 3.63) is 65.5 Å². The fourth-order valence-electron chi connectivity index (χ4n) is 2.48. The SMILES string of the molecule is Cc1ccccc1N(CC(=O)NC(C)c1ccc(F)cc1)S(C)(=O)=O. The first kappa shape index (κ1) is 18.9. The van der Waals surface area contributed by atoms with Crippen molar-refractivity contribution >= 4 is 21.6 Å². The van der Waals surface area contributed by atoms with E-state index in [2.05, 4.69) is 5.32 Å². The van der Waals surface area contributed by atoms with Gasteiger partial charge in [0, 0.05) is 0 Å². The van der Waals surface area contributed by atoms with Gasteiger partial charge in [0.2, 0.25) is 15.9 Å². The lowest BCUT2D eigenvalue weighted by molar-refractivity contribution is -0.120. The predicted molar refractivity (Wildman–Crippen MR) is 96.3 cm³/mol. The third kappa shape index (κ3) is 5.03. The smallest absolute Gasteiger partial charge is 0.241 e. The first-order valence-corrected chi connectivity index (χ1v) is 9.61. The van der Waals surface area contributed by atoms with Gasteiger partial charge in [0.25, 0.3) is 0 Å². The number of aryl methyl sites for hydroxylation is 1. The number of nitrogens with one attached hydrogen (secondary N) is 1. The Labute approximate surface area is 147 Å². The van der Waals surface area contributed by atoms with Crippen LogP contribution in [0.25, 0.3) is 0 Å². The molecule has 2 rings (SSSR count). The summed E-state index contributed by atoms with van der Waals surface area (Å²) in [4.78, 5) is 12.3. The van der Waals surface area contributed by atoms with Crippen molar-refractivity contribution < 1.29 is 17.6 Å². The Morgan fingerprint density at radius 3 is 2.32 bits per heavy atom. The lowest BCUT2D eigenvalue weighted by Gasteiger charge is -2.24. The maximum atomic E-state index is 13.0. The van der Waals surface area contributed by atoms with Gasteiger partial charge < -0.3 is 5.32 Å². The van der Waals surface area contributed by atoms with Gasteiger partial charge in [0.1, 0.15) is 12.4 Å². The van der Waals surface area contributed by atoms with E-state index in [1.54, 1.807) is 50.2 Å². The average Bonchev–Trinajstić information content (AvgIpc) is 2.53. The molecule has 1 amide bonds. The zero-order valence-electron chi connectivity index (χ0n) is 14.4. The van der Waals surface area contributed by atoms with Crippen molar-refractivity contribution in [2.24, 2.45) is 0 Å². The standard InChI is InChI=1S/C18H21FN2O3S/c1-13-6-4-5-7-17(13)21(25(3,23)24)12-18(22)20-14(2)15-8-10-16(19)11-9-15/h4-11,14H,12H2,1-3H3,(H,20,22). The minimum Gasteiger partial charge on any atom is -0.348 e. The van der Waals surface area contributed by atoms with Gasteiger partial charge in [-0.2, -0.15) is 0 Å². The van der Waals surface area contributed by atoms with Gasteiger partial charge in [0.15, 0.2) is 0 Å². The highest BCUT2D eigenvalue weighted by Gasteiger charge is 2.23. The van der Waals surface area contributed by atoms with Crippen LogP contribution in [0.2, 0.25) is 0 Å². The highest BCUT2D eigenvalue weighted by molar-refractivity contribution is 7.92. The van der Waals surface area contributed by atoms with Crippen LogP contribution in [0.1, 0.15) is 24.1 Å². The normalized spacial score (nSPS) is 12.5. The molecule has 5 nitrogen and oxygen atoms in total. The van der Waals surface area contributed by atoms with Gasteiger partial charge in [-0.25, -0.2) is 12.8 Å². The topological polar surface area (TPSA) is 66.5 Å². The fourth-order valence-corrected chi connectivity index (χ4v) is 3.39. The number of carbonyl (C=O) groups excluding carboxylic acids is 1. The molecular weight excluding hydrogens is 343 g/mol. The minimum atomic E-state index is -3.62. The molecule has 0 aliphatic heterocycles. The summed E-state index contributed by atoms with van der Waals surface area (Å²) in [5.74, 6) is -0.796. The van der Waals surface area contributed by atoms with Crippen LogP contribution >= 0.6 is 0 Å². The van der Waals surface area contributed by atoms with Crippen LogP contribution in [0, 0.1) is 12.7 Å². The fraction of sp³-hybridized carbons (Fsp3) is 0.278. The van der Waals surface area contributed by atoms with E-state index in [9.17, 15) is 17.6 Å². The molecule has 0 aliphatic rings. The van der Waals surface area contributed by atoms with Gasteiger partial charge in [-0.3, -0.25) is 9.10 Å². The second-order valence-corrected chi connectivity index (χ2v) is 7.80. The number of halogens is 1. The molecular formula is C18H21FN2O3S. The summed E-state index contributed by atoms with van der Waals surface area (Å²) in [7, 11) is -3.62. The van der Waals surface area contributed by atoms with Crippen LogP contribution < -0.4 is 9.62 Å². The molecule has 0 spiro atoms. The number of benzene rings is 2. The molecule has 1 unspecified atom stereocenters. The number of hydrogen-bond donors (Lipinski definition) is 1. The maximum Gasteiger partial charge on any atom is 0.241 e. The Morgan fingerprint density at radius 1 is 1.16 bits per heavy atom. The first-order chi connectivity index (χ1) is 11.7. The van der Waals surface area contributed by atoms with Gasteiger partial charge in [-0.1, -0.05) is 30.3 Å². The molecule has 1 atom stereocenters. The summed E-state index contributed by atoms with van der Waals surface area (Å²) in [5, 5.41) is 2.74. The number of amides is 1. The second-order valence-electron chi connectivity index (χ2n) is 5.90. The molecule has 0 fully saturated rings. The Kier molecular flexibility index (Phi) is 5.79. The number of anilines is 1. The van der Waals surface area contributed by atoms with E-state index in [0.29, 0.717) is 5.69 Å². The van der Waals surface area contributed by atoms with Crippen LogP contribution in [0.5, 0.6) is 0 Å². The zero-order chi connectivity index (χ0) is 18.6. The third-order valence-electron chi connectivity index (χ3n) is 3.82. The Hall–Kier alpha value is -2.41. The van der Waals surface area contributed by atoms with Gasteiger partial charge >= 0.3 is 0 Å². The summed E-state index contributed by atoms with van der Waals surface area (Å²) >= 11 is 0. The Balaban J connectivity index is 2.15. The van der Waals surface area contributed by atoms with Crippen molar-refractivity contribution in [3.63, 3.8) is 0 Å². The largest absolute Gasteiger partial charge is 0.348 e. The molecule has 2 aromatic rings. The van der Waals surface area contributed by atoms with Gasteiger partial charge in [-0.05, 0) is 43.2 Å². The summed E-state index contributed by atoms with van der Waals surface area (Å²) < 4.78 is 38.3. The van der Waals surface area contributed by atoms with Crippen LogP contribution in [0.4, 0.5) is 10.1 Å². The molecule has 0 saturated heterocycles.